The van der Waals surface area contributed by atoms with E-state index in [4.69, 9.17) is 33.7 Å². The van der Waals surface area contributed by atoms with Crippen molar-refractivity contribution in [3.63, 3.8) is 0 Å². The second-order valence-corrected chi connectivity index (χ2v) is 12.3. The molecule has 0 amide bonds. The largest absolute Gasteiger partial charge is 0.458 e. The third kappa shape index (κ3) is 5.12. The molecule has 1 saturated carbocycles. The van der Waals surface area contributed by atoms with Gasteiger partial charge in [-0.05, 0) is 47.3 Å². The van der Waals surface area contributed by atoms with E-state index >= 15 is 0 Å². The Bertz CT molecular complexity index is 961. The molecular weight excluding hydrogens is 443 g/mol. The predicted octanol–water partition coefficient (Wildman–Crippen LogP) is 7.85. The fraction of sp³-hybridized carbons (Fsp3) is 0.577. The van der Waals surface area contributed by atoms with Crippen molar-refractivity contribution in [2.75, 3.05) is 5.73 Å². The number of carbonyl (C=O) groups is 1. The molecule has 6 heteroatoms. The van der Waals surface area contributed by atoms with Gasteiger partial charge in [0.15, 0.2) is 0 Å². The second kappa shape index (κ2) is 8.95. The highest BCUT2D eigenvalue weighted by Gasteiger charge is 2.48. The lowest BCUT2D eigenvalue weighted by Crippen LogP contribution is -2.49. The first-order valence-electron chi connectivity index (χ1n) is 11.3. The van der Waals surface area contributed by atoms with Crippen LogP contribution in [-0.2, 0) is 4.74 Å². The van der Waals surface area contributed by atoms with Crippen molar-refractivity contribution < 1.29 is 9.53 Å². The highest BCUT2D eigenvalue weighted by atomic mass is 35.5. The lowest BCUT2D eigenvalue weighted by Gasteiger charge is -2.50. The highest BCUT2D eigenvalue weighted by molar-refractivity contribution is 6.42. The monoisotopic (exact) mass is 478 g/mol. The van der Waals surface area contributed by atoms with Gasteiger partial charge in [0.05, 0.1) is 10.0 Å². The third-order valence-corrected chi connectivity index (χ3v) is 7.66. The third-order valence-electron chi connectivity index (χ3n) is 6.92. The van der Waals surface area contributed by atoms with Crippen LogP contribution in [0.4, 0.5) is 5.82 Å². The summed E-state index contributed by atoms with van der Waals surface area (Å²) in [5, 5.41) is 0.880. The van der Waals surface area contributed by atoms with Crippen LogP contribution >= 0.6 is 23.2 Å². The van der Waals surface area contributed by atoms with Gasteiger partial charge in [0, 0.05) is 23.6 Å². The Morgan fingerprint density at radius 3 is 2.09 bits per heavy atom. The highest BCUT2D eigenvalue weighted by Crippen LogP contribution is 2.50. The van der Waals surface area contributed by atoms with E-state index in [-0.39, 0.29) is 28.8 Å². The molecule has 3 rings (SSSR count). The minimum absolute atomic E-state index is 0.0132. The number of hydrogen-bond donors (Lipinski definition) is 2. The number of H-pyrrole nitrogens is 1. The van der Waals surface area contributed by atoms with E-state index in [0.29, 0.717) is 32.9 Å². The SMILES string of the molecule is CC1CC(C(C)(C)C)C(OC(=O)c2c(-c3ccc(Cl)c(Cl)c3)c[nH]c2N)C(C(C)(C)C)C1. The van der Waals surface area contributed by atoms with Crippen LogP contribution in [0.3, 0.4) is 0 Å². The van der Waals surface area contributed by atoms with Crippen molar-refractivity contribution in [1.82, 2.24) is 4.98 Å². The molecule has 1 aliphatic carbocycles. The molecule has 2 unspecified atom stereocenters. The van der Waals surface area contributed by atoms with Crippen molar-refractivity contribution in [2.24, 2.45) is 28.6 Å². The quantitative estimate of drug-likeness (QED) is 0.441. The molecule has 0 spiro atoms. The molecule has 1 aliphatic rings. The summed E-state index contributed by atoms with van der Waals surface area (Å²) < 4.78 is 6.36. The first kappa shape index (κ1) is 25.0. The van der Waals surface area contributed by atoms with Gasteiger partial charge >= 0.3 is 5.97 Å². The van der Waals surface area contributed by atoms with Crippen LogP contribution in [0.2, 0.25) is 10.0 Å². The summed E-state index contributed by atoms with van der Waals surface area (Å²) in [4.78, 5) is 16.6. The summed E-state index contributed by atoms with van der Waals surface area (Å²) in [7, 11) is 0. The number of benzene rings is 1. The van der Waals surface area contributed by atoms with Crippen molar-refractivity contribution in [2.45, 2.75) is 67.4 Å². The Morgan fingerprint density at radius 1 is 1.03 bits per heavy atom. The minimum atomic E-state index is -0.395. The number of ether oxygens (including phenoxy) is 1. The second-order valence-electron chi connectivity index (χ2n) is 11.5. The number of halogens is 2. The van der Waals surface area contributed by atoms with E-state index in [9.17, 15) is 4.79 Å². The maximum absolute atomic E-state index is 13.6. The summed E-state index contributed by atoms with van der Waals surface area (Å²) >= 11 is 12.3. The number of aromatic amines is 1. The molecule has 1 fully saturated rings. The summed E-state index contributed by atoms with van der Waals surface area (Å²) in [6.07, 6.45) is 3.61. The van der Waals surface area contributed by atoms with Crippen LogP contribution < -0.4 is 5.73 Å². The normalized spacial score (nSPS) is 24.4. The molecule has 2 aromatic rings. The van der Waals surface area contributed by atoms with Crippen molar-refractivity contribution in [3.8, 4) is 11.1 Å². The Morgan fingerprint density at radius 2 is 1.59 bits per heavy atom. The number of nitrogens with two attached hydrogens (primary N) is 1. The lowest BCUT2D eigenvalue weighted by molar-refractivity contribution is -0.0922. The first-order chi connectivity index (χ1) is 14.7. The number of aromatic nitrogens is 1. The summed E-state index contributed by atoms with van der Waals surface area (Å²) in [6, 6.07) is 5.28. The van der Waals surface area contributed by atoms with Gasteiger partial charge in [0.2, 0.25) is 0 Å². The van der Waals surface area contributed by atoms with Crippen LogP contribution in [0.15, 0.2) is 24.4 Å². The standard InChI is InChI=1S/C26H36Cl2N2O2/c1-14-10-17(25(2,3)4)22(18(11-14)26(5,6)7)32-24(31)21-16(13-30-23(21)29)15-8-9-19(27)20(28)12-15/h8-9,12-14,17-18,22,30H,10-11,29H2,1-7H3. The summed E-state index contributed by atoms with van der Waals surface area (Å²) in [5.74, 6) is 0.997. The van der Waals surface area contributed by atoms with Crippen LogP contribution in [-0.4, -0.2) is 17.1 Å². The Kier molecular flexibility index (Phi) is 6.98. The van der Waals surface area contributed by atoms with Crippen LogP contribution in [0.1, 0.15) is 71.7 Å². The van der Waals surface area contributed by atoms with Gasteiger partial charge < -0.3 is 15.5 Å². The summed E-state index contributed by atoms with van der Waals surface area (Å²) in [6.45, 7) is 15.7. The van der Waals surface area contributed by atoms with E-state index in [1.807, 2.05) is 6.07 Å². The number of hydrogen-bond acceptors (Lipinski definition) is 3. The molecule has 1 heterocycles. The zero-order chi connectivity index (χ0) is 24.0. The first-order valence-corrected chi connectivity index (χ1v) is 12.1. The number of esters is 1. The Labute approximate surface area is 202 Å². The molecule has 0 radical (unpaired) electrons. The number of nitrogen functional groups attached to an aromatic ring is 1. The van der Waals surface area contributed by atoms with Crippen molar-refractivity contribution >= 4 is 35.0 Å². The van der Waals surface area contributed by atoms with E-state index in [1.54, 1.807) is 18.3 Å². The number of anilines is 1. The molecule has 1 aromatic carbocycles. The summed E-state index contributed by atoms with van der Waals surface area (Å²) in [5.41, 5.74) is 8.00. The van der Waals surface area contributed by atoms with Gasteiger partial charge in [-0.3, -0.25) is 0 Å². The lowest BCUT2D eigenvalue weighted by atomic mass is 9.59. The van der Waals surface area contributed by atoms with E-state index in [0.717, 1.165) is 18.4 Å². The average molecular weight is 479 g/mol. The van der Waals surface area contributed by atoms with Gasteiger partial charge in [-0.15, -0.1) is 0 Å². The molecule has 0 bridgehead atoms. The molecule has 32 heavy (non-hydrogen) atoms. The molecule has 176 valence electrons. The van der Waals surface area contributed by atoms with Crippen LogP contribution in [0.25, 0.3) is 11.1 Å². The average Bonchev–Trinajstić information content (AvgIpc) is 3.05. The van der Waals surface area contributed by atoms with Gasteiger partial charge in [0.1, 0.15) is 17.5 Å². The molecule has 4 nitrogen and oxygen atoms in total. The topological polar surface area (TPSA) is 68.1 Å². The van der Waals surface area contributed by atoms with Gasteiger partial charge in [0.25, 0.3) is 0 Å². The zero-order valence-electron chi connectivity index (χ0n) is 20.2. The molecule has 0 saturated heterocycles. The minimum Gasteiger partial charge on any atom is -0.458 e. The van der Waals surface area contributed by atoms with E-state index < -0.39 is 5.97 Å². The van der Waals surface area contributed by atoms with E-state index in [2.05, 4.69) is 53.5 Å². The predicted molar refractivity (Wildman–Crippen MR) is 134 cm³/mol. The van der Waals surface area contributed by atoms with Crippen molar-refractivity contribution in [3.05, 3.63) is 40.0 Å². The van der Waals surface area contributed by atoms with Crippen LogP contribution in [0, 0.1) is 28.6 Å². The van der Waals surface area contributed by atoms with Gasteiger partial charge in [-0.2, -0.15) is 0 Å². The van der Waals surface area contributed by atoms with Gasteiger partial charge in [-0.1, -0.05) is 77.7 Å². The smallest absolute Gasteiger partial charge is 0.342 e. The molecule has 3 N–H and O–H groups in total. The number of rotatable bonds is 3. The molecule has 1 aromatic heterocycles. The Hall–Kier alpha value is -1.65. The number of nitrogens with one attached hydrogen (secondary N) is 1. The maximum Gasteiger partial charge on any atom is 0.342 e. The number of carbonyl (C=O) groups excluding carboxylic acids is 1. The maximum atomic E-state index is 13.6. The van der Waals surface area contributed by atoms with Crippen molar-refractivity contribution in [1.29, 1.82) is 0 Å². The Balaban J connectivity index is 2.00. The van der Waals surface area contributed by atoms with Gasteiger partial charge in [-0.25, -0.2) is 4.79 Å². The van der Waals surface area contributed by atoms with E-state index in [1.165, 1.54) is 0 Å². The molecule has 0 aliphatic heterocycles. The fourth-order valence-electron chi connectivity index (χ4n) is 5.10. The zero-order valence-corrected chi connectivity index (χ0v) is 21.7. The van der Waals surface area contributed by atoms with Crippen LogP contribution in [0.5, 0.6) is 0 Å². The fourth-order valence-corrected chi connectivity index (χ4v) is 5.40. The molecule has 2 atom stereocenters. The molecular formula is C26H36Cl2N2O2.